The Morgan fingerprint density at radius 2 is 1.77 bits per heavy atom. The Hall–Kier alpha value is -0.300. The third-order valence-corrected chi connectivity index (χ3v) is 7.12. The van der Waals surface area contributed by atoms with E-state index in [1.807, 2.05) is 0 Å². The number of aliphatic hydroxyl groups excluding tert-OH is 3. The van der Waals surface area contributed by atoms with E-state index in [4.69, 9.17) is 5.11 Å². The maximum atomic E-state index is 10.8. The second-order valence-corrected chi connectivity index (χ2v) is 9.07. The summed E-state index contributed by atoms with van der Waals surface area (Å²) in [5, 5.41) is 39.5. The highest BCUT2D eigenvalue weighted by Crippen LogP contribution is 2.39. The molecular formula is C20H38O5S. The van der Waals surface area contributed by atoms with Crippen LogP contribution in [0.5, 0.6) is 0 Å². The summed E-state index contributed by atoms with van der Waals surface area (Å²) in [7, 11) is 0. The van der Waals surface area contributed by atoms with Gasteiger partial charge in [0.15, 0.2) is 0 Å². The lowest BCUT2D eigenvalue weighted by atomic mass is 9.96. The second kappa shape index (κ2) is 13.0. The van der Waals surface area contributed by atoms with Gasteiger partial charge in [0, 0.05) is 17.4 Å². The second-order valence-electron chi connectivity index (χ2n) is 7.86. The predicted octanol–water partition coefficient (Wildman–Crippen LogP) is 3.44. The molecular weight excluding hydrogens is 352 g/mol. The summed E-state index contributed by atoms with van der Waals surface area (Å²) < 4.78 is 0. The first-order valence-corrected chi connectivity index (χ1v) is 11.3. The van der Waals surface area contributed by atoms with E-state index in [0.29, 0.717) is 18.6 Å². The fourth-order valence-electron chi connectivity index (χ4n) is 3.72. The van der Waals surface area contributed by atoms with E-state index in [1.54, 1.807) is 18.7 Å². The van der Waals surface area contributed by atoms with Gasteiger partial charge in [0.2, 0.25) is 0 Å². The topological polar surface area (TPSA) is 98.0 Å². The maximum absolute atomic E-state index is 10.8. The third-order valence-electron chi connectivity index (χ3n) is 5.50. The first-order valence-electron chi connectivity index (χ1n) is 10.2. The minimum absolute atomic E-state index is 0.0104. The Morgan fingerprint density at radius 1 is 1.08 bits per heavy atom. The van der Waals surface area contributed by atoms with Crippen molar-refractivity contribution in [1.29, 1.82) is 0 Å². The van der Waals surface area contributed by atoms with Gasteiger partial charge in [0.1, 0.15) is 0 Å². The van der Waals surface area contributed by atoms with Gasteiger partial charge >= 0.3 is 5.97 Å². The molecule has 4 N–H and O–H groups in total. The number of carboxylic acid groups (broad SMARTS) is 1. The van der Waals surface area contributed by atoms with Gasteiger partial charge in [-0.1, -0.05) is 52.4 Å². The van der Waals surface area contributed by atoms with Gasteiger partial charge in [-0.2, -0.15) is 11.8 Å². The summed E-state index contributed by atoms with van der Waals surface area (Å²) in [6, 6.07) is 0. The Balaban J connectivity index is 2.31. The number of aliphatic hydroxyl groups is 3. The van der Waals surface area contributed by atoms with Gasteiger partial charge in [-0.15, -0.1) is 0 Å². The minimum atomic E-state index is -0.742. The number of aliphatic carboxylic acids is 1. The van der Waals surface area contributed by atoms with Crippen LogP contribution in [0.4, 0.5) is 0 Å². The highest BCUT2D eigenvalue weighted by Gasteiger charge is 2.41. The van der Waals surface area contributed by atoms with Crippen LogP contribution in [0.2, 0.25) is 0 Å². The molecule has 154 valence electrons. The van der Waals surface area contributed by atoms with E-state index in [9.17, 15) is 20.1 Å². The van der Waals surface area contributed by atoms with E-state index in [1.165, 1.54) is 0 Å². The molecule has 6 heteroatoms. The average Bonchev–Trinajstić information content (AvgIpc) is 2.85. The molecule has 0 aromatic heterocycles. The summed E-state index contributed by atoms with van der Waals surface area (Å²) in [4.78, 5) is 10.8. The lowest BCUT2D eigenvalue weighted by Gasteiger charge is -2.24. The zero-order chi connectivity index (χ0) is 19.5. The van der Waals surface area contributed by atoms with Gasteiger partial charge in [0.25, 0.3) is 0 Å². The van der Waals surface area contributed by atoms with Crippen LogP contribution in [0.15, 0.2) is 0 Å². The Labute approximate surface area is 162 Å². The van der Waals surface area contributed by atoms with Crippen LogP contribution in [0.25, 0.3) is 0 Å². The Kier molecular flexibility index (Phi) is 11.8. The molecule has 0 saturated heterocycles. The Morgan fingerprint density at radius 3 is 2.42 bits per heavy atom. The minimum Gasteiger partial charge on any atom is -0.481 e. The van der Waals surface area contributed by atoms with Crippen molar-refractivity contribution in [3.63, 3.8) is 0 Å². The smallest absolute Gasteiger partial charge is 0.306 e. The van der Waals surface area contributed by atoms with Crippen LogP contribution >= 0.6 is 11.8 Å². The largest absolute Gasteiger partial charge is 0.481 e. The summed E-state index contributed by atoms with van der Waals surface area (Å²) >= 11 is 1.61. The molecule has 1 aliphatic rings. The normalized spacial score (nSPS) is 28.2. The van der Waals surface area contributed by atoms with Gasteiger partial charge in [0.05, 0.1) is 24.2 Å². The molecule has 4 unspecified atom stereocenters. The van der Waals surface area contributed by atoms with Crippen molar-refractivity contribution in [2.24, 2.45) is 11.8 Å². The predicted molar refractivity (Wildman–Crippen MR) is 106 cm³/mol. The van der Waals surface area contributed by atoms with Crippen molar-refractivity contribution in [2.75, 3.05) is 5.75 Å². The highest BCUT2D eigenvalue weighted by molar-refractivity contribution is 8.00. The van der Waals surface area contributed by atoms with E-state index in [0.717, 1.165) is 51.4 Å². The van der Waals surface area contributed by atoms with Crippen LogP contribution in [0.1, 0.15) is 78.1 Å². The highest BCUT2D eigenvalue weighted by atomic mass is 32.2. The van der Waals surface area contributed by atoms with Crippen molar-refractivity contribution in [1.82, 2.24) is 0 Å². The van der Waals surface area contributed by atoms with E-state index < -0.39 is 18.2 Å². The molecule has 26 heavy (non-hydrogen) atoms. The maximum Gasteiger partial charge on any atom is 0.306 e. The van der Waals surface area contributed by atoms with Crippen molar-refractivity contribution < 1.29 is 25.2 Å². The van der Waals surface area contributed by atoms with Crippen LogP contribution in [0, 0.1) is 11.8 Å². The molecule has 0 spiro atoms. The van der Waals surface area contributed by atoms with Crippen LogP contribution in [-0.4, -0.2) is 55.7 Å². The number of unbranched alkanes of at least 4 members (excludes halogenated alkanes) is 4. The molecule has 1 rings (SSSR count). The molecule has 0 bridgehead atoms. The van der Waals surface area contributed by atoms with E-state index >= 15 is 0 Å². The van der Waals surface area contributed by atoms with Gasteiger partial charge in [-0.25, -0.2) is 0 Å². The van der Waals surface area contributed by atoms with Crippen molar-refractivity contribution >= 4 is 17.7 Å². The van der Waals surface area contributed by atoms with Gasteiger partial charge < -0.3 is 20.4 Å². The molecule has 0 aromatic carbocycles. The average molecular weight is 391 g/mol. The summed E-state index contributed by atoms with van der Waals surface area (Å²) in [6.07, 6.45) is 7.53. The summed E-state index contributed by atoms with van der Waals surface area (Å²) in [5.74, 6) is -0.362. The third kappa shape index (κ3) is 8.59. The molecule has 0 aromatic rings. The Bertz CT molecular complexity index is 392. The lowest BCUT2D eigenvalue weighted by Crippen LogP contribution is -2.27. The fraction of sp³-hybridized carbons (Fsp3) is 0.950. The zero-order valence-electron chi connectivity index (χ0n) is 16.3. The first kappa shape index (κ1) is 23.7. The molecule has 1 saturated carbocycles. The van der Waals surface area contributed by atoms with Crippen molar-refractivity contribution in [3.05, 3.63) is 0 Å². The molecule has 0 radical (unpaired) electrons. The van der Waals surface area contributed by atoms with Crippen molar-refractivity contribution in [2.45, 2.75) is 102 Å². The molecule has 0 aliphatic heterocycles. The summed E-state index contributed by atoms with van der Waals surface area (Å²) in [5.41, 5.74) is 0. The monoisotopic (exact) mass is 390 g/mol. The number of carbonyl (C=O) groups is 1. The number of hydrogen-bond donors (Lipinski definition) is 4. The fourth-order valence-corrected chi connectivity index (χ4v) is 5.23. The number of hydrogen-bond acceptors (Lipinski definition) is 5. The number of rotatable bonds is 14. The molecule has 1 aliphatic carbocycles. The van der Waals surface area contributed by atoms with Crippen LogP contribution in [-0.2, 0) is 4.79 Å². The van der Waals surface area contributed by atoms with Gasteiger partial charge in [-0.05, 0) is 25.2 Å². The van der Waals surface area contributed by atoms with E-state index in [2.05, 4.69) is 6.92 Å². The van der Waals surface area contributed by atoms with E-state index in [-0.39, 0.29) is 23.2 Å². The number of carboxylic acids is 1. The lowest BCUT2D eigenvalue weighted by molar-refractivity contribution is -0.141. The zero-order valence-corrected chi connectivity index (χ0v) is 17.2. The van der Waals surface area contributed by atoms with Gasteiger partial charge in [-0.3, -0.25) is 4.79 Å². The van der Waals surface area contributed by atoms with Crippen molar-refractivity contribution in [3.8, 4) is 0 Å². The summed E-state index contributed by atoms with van der Waals surface area (Å²) in [6.45, 7) is 3.88. The SMILES string of the molecule is CCCCCC(O)CS[C@H]1C(O)CC(O)[C@@H]1CCCCCC(C)C(=O)O. The number of thioether (sulfide) groups is 1. The first-order chi connectivity index (χ1) is 12.4. The quantitative estimate of drug-likeness (QED) is 0.339. The molecule has 0 amide bonds. The molecule has 6 atom stereocenters. The van der Waals surface area contributed by atoms with Crippen LogP contribution < -0.4 is 0 Å². The molecule has 5 nitrogen and oxygen atoms in total. The molecule has 0 heterocycles. The standard InChI is InChI=1S/C20H38O5S/c1-3-4-6-10-15(21)13-26-19-16(17(22)12-18(19)23)11-8-5-7-9-14(2)20(24)25/h14-19,21-23H,3-13H2,1-2H3,(H,24,25)/t14?,15?,16-,17?,18?,19+/m0/s1. The molecule has 1 fully saturated rings. The van der Waals surface area contributed by atoms with Crippen LogP contribution in [0.3, 0.4) is 0 Å².